The monoisotopic (exact) mass is 2050 g/mol. The number of rotatable bonds is 32. The highest BCUT2D eigenvalue weighted by atomic mass is 32.2. The Bertz CT molecular complexity index is 6920. The van der Waals surface area contributed by atoms with E-state index in [0.29, 0.717) is 78.2 Å². The van der Waals surface area contributed by atoms with E-state index in [1.54, 1.807) is 179 Å². The molecule has 4 fully saturated rings. The molecule has 4 aromatic carbocycles. The maximum absolute atomic E-state index is 14.9. The van der Waals surface area contributed by atoms with E-state index in [1.165, 1.54) is 86.1 Å². The maximum Gasteiger partial charge on any atom is 0.235 e. The number of Topliss-reactive ketones (excluding diaryl/α,β-unsaturated/α-hetero) is 4. The molecule has 8 aromatic heterocycles. The average Bonchev–Trinajstić information content (AvgIpc) is 1.49. The topological polar surface area (TPSA) is 446 Å². The number of benzene rings is 4. The van der Waals surface area contributed by atoms with Crippen LogP contribution in [0.3, 0.4) is 0 Å². The number of aromatic nitrogens is 12. The van der Waals surface area contributed by atoms with Gasteiger partial charge in [-0.15, -0.1) is 0 Å². The van der Waals surface area contributed by atoms with E-state index in [2.05, 4.69) is 30.1 Å². The predicted octanol–water partition coefficient (Wildman–Crippen LogP) is 16.8. The number of pyridine rings is 4. The minimum atomic E-state index is -3.11. The summed E-state index contributed by atoms with van der Waals surface area (Å²) >= 11 is 0. The van der Waals surface area contributed by atoms with Crippen LogP contribution in [-0.4, -0.2) is 230 Å². The number of ether oxygens (including phenoxy) is 4. The molecule has 12 aromatic rings. The number of nitrogens with zero attached hydrogens (tertiary/aromatic N) is 12. The lowest BCUT2D eigenvalue weighted by molar-refractivity contribution is 0.0272. The van der Waals surface area contributed by atoms with Crippen molar-refractivity contribution in [3.63, 3.8) is 0 Å². The van der Waals surface area contributed by atoms with E-state index in [4.69, 9.17) is 29.1 Å². The summed E-state index contributed by atoms with van der Waals surface area (Å²) in [5.41, 5.74) is 0.212. The maximum atomic E-state index is 14.9. The van der Waals surface area contributed by atoms with Gasteiger partial charge in [-0.3, -0.25) is 57.8 Å². The zero-order valence-corrected chi connectivity index (χ0v) is 85.7. The second-order valence-corrected chi connectivity index (χ2v) is 49.9. The van der Waals surface area contributed by atoms with Gasteiger partial charge in [0.05, 0.1) is 115 Å². The molecule has 32 nitrogen and oxygen atoms in total. The van der Waals surface area contributed by atoms with Crippen molar-refractivity contribution in [3.8, 4) is 68.0 Å². The summed E-state index contributed by atoms with van der Waals surface area (Å²) < 4.78 is 203. The molecule has 0 amide bonds. The quantitative estimate of drug-likeness (QED) is 0.0225. The fourth-order valence-electron chi connectivity index (χ4n) is 18.0. The number of sulfone groups is 4. The fraction of sp³-hybridized carbons (Fsp3) is 0.480. The first-order chi connectivity index (χ1) is 65.5. The minimum absolute atomic E-state index is 0.00482. The van der Waals surface area contributed by atoms with Crippen molar-refractivity contribution in [2.75, 3.05) is 46.0 Å². The number of aliphatic hydroxyl groups is 4. The summed E-state index contributed by atoms with van der Waals surface area (Å²) in [4.78, 5) is 70.1. The Morgan fingerprint density at radius 2 is 0.549 bits per heavy atom. The Hall–Kier alpha value is -11.5. The van der Waals surface area contributed by atoms with Gasteiger partial charge in [0.1, 0.15) is 79.5 Å². The van der Waals surface area contributed by atoms with E-state index in [0.717, 1.165) is 12.1 Å². The standard InChI is InChI=1S/2C25H29F2N3O5S.2C25H30FN3O5S/c2*1-14(24(3,4)32)30-20-8-16(21(31)10-25(5)12-36(33,34)13-25)11-28-23(20)22(29-30)18-9-17(35-15(2)26)6-7-19(18)27;2*1-15(24(3,4)31)29-20-10-18(21(30)11-25(5)13-35(32,33)14-25)12-27-23(20)22(28-29)17-7-6-8-19(9-17)34-16(2)26/h2*6-9,11,14-15,32H,10,12-13H2,1-5H3;2*6-10,12,15-16,31H,11,13-14H2,1-5H3/t2*14-,15?;2*15-,16?/m1010/s1. The first-order valence-electron chi connectivity index (χ1n) is 45.9. The highest BCUT2D eigenvalue weighted by Gasteiger charge is 2.50. The van der Waals surface area contributed by atoms with E-state index >= 15 is 0 Å². The number of halogens is 6. The predicted molar refractivity (Wildman–Crippen MR) is 523 cm³/mol. The van der Waals surface area contributed by atoms with Gasteiger partial charge in [0.15, 0.2) is 62.5 Å². The molecule has 0 aliphatic carbocycles. The summed E-state index contributed by atoms with van der Waals surface area (Å²) in [7, 11) is -12.4. The zero-order valence-electron chi connectivity index (χ0n) is 82.4. The average molecular weight is 2050 g/mol. The molecule has 0 spiro atoms. The highest BCUT2D eigenvalue weighted by Crippen LogP contribution is 2.46. The number of hydrogen-bond acceptors (Lipinski definition) is 28. The van der Waals surface area contributed by atoms with Crippen LogP contribution >= 0.6 is 0 Å². The molecule has 42 heteroatoms. The lowest BCUT2D eigenvalue weighted by atomic mass is 9.86. The molecule has 764 valence electrons. The smallest absolute Gasteiger partial charge is 0.235 e. The lowest BCUT2D eigenvalue weighted by Crippen LogP contribution is -2.47. The normalized spacial score (nSPS) is 18.5. The van der Waals surface area contributed by atoms with Crippen LogP contribution in [0.1, 0.15) is 230 Å². The van der Waals surface area contributed by atoms with Crippen LogP contribution in [0.2, 0.25) is 0 Å². The molecule has 12 heterocycles. The number of carbonyl (C=O) groups excluding carboxylic acids is 4. The Kier molecular flexibility index (Phi) is 30.0. The third-order valence-corrected chi connectivity index (χ3v) is 34.8. The fourth-order valence-corrected chi connectivity index (χ4v) is 26.9. The molecule has 4 aliphatic rings. The Morgan fingerprint density at radius 1 is 0.338 bits per heavy atom. The lowest BCUT2D eigenvalue weighted by Gasteiger charge is -2.37. The molecule has 4 N–H and O–H groups in total. The van der Waals surface area contributed by atoms with Crippen molar-refractivity contribution in [2.45, 2.75) is 236 Å². The van der Waals surface area contributed by atoms with Crippen LogP contribution in [0, 0.1) is 33.3 Å². The Labute approximate surface area is 819 Å². The van der Waals surface area contributed by atoms with Crippen molar-refractivity contribution in [1.29, 1.82) is 0 Å². The van der Waals surface area contributed by atoms with Crippen LogP contribution in [0.4, 0.5) is 26.3 Å². The van der Waals surface area contributed by atoms with Crippen molar-refractivity contribution in [2.24, 2.45) is 21.7 Å². The van der Waals surface area contributed by atoms with Gasteiger partial charge >= 0.3 is 0 Å². The largest absolute Gasteiger partial charge is 0.461 e. The number of alkyl halides is 4. The summed E-state index contributed by atoms with van der Waals surface area (Å²) in [6.07, 6.45) is -0.244. The van der Waals surface area contributed by atoms with Crippen molar-refractivity contribution in [1.82, 2.24) is 59.1 Å². The third-order valence-electron chi connectivity index (χ3n) is 25.7. The second-order valence-electron chi connectivity index (χ2n) is 41.6. The van der Waals surface area contributed by atoms with E-state index in [9.17, 15) is 99.6 Å². The van der Waals surface area contributed by atoms with Crippen LogP contribution < -0.4 is 18.9 Å². The molecule has 16 rings (SSSR count). The van der Waals surface area contributed by atoms with Crippen molar-refractivity contribution in [3.05, 3.63) is 168 Å². The Morgan fingerprint density at radius 3 is 0.761 bits per heavy atom. The SMILES string of the molecule is CC(F)Oc1ccc(F)c(-c2nn([C@@H](C)C(C)(C)O)c3cc(C(=O)CC4(C)CS(=O)(=O)C4)cnc23)c1.CC(F)Oc1ccc(F)c(-c2nn([C@H](C)C(C)(C)O)c3cc(C(=O)CC4(C)CS(=O)(=O)C4)cnc23)c1.CC(F)Oc1cccc(-c2nn([C@@H](C)C(C)(C)O)c3cc(C(=O)CC4(C)CS(=O)(=O)C4)cnc23)c1.CC(F)Oc1cccc(-c2nn([C@H](C)C(C)(C)O)c3cc(C(=O)CC4(C)CS(=O)(=O)C4)cnc23)c1. The van der Waals surface area contributed by atoms with Crippen LogP contribution in [0.15, 0.2) is 134 Å². The molecule has 4 saturated heterocycles. The zero-order chi connectivity index (χ0) is 105. The first-order valence-corrected chi connectivity index (χ1v) is 53.2. The number of hydrogen-bond donors (Lipinski definition) is 4. The van der Waals surface area contributed by atoms with Gasteiger partial charge in [-0.2, -0.15) is 20.4 Å². The van der Waals surface area contributed by atoms with Gasteiger partial charge in [-0.05, 0) is 168 Å². The highest BCUT2D eigenvalue weighted by molar-refractivity contribution is 7.93. The van der Waals surface area contributed by atoms with Gasteiger partial charge in [-0.1, -0.05) is 52.0 Å². The number of fused-ring (bicyclic) bond motifs is 4. The summed E-state index contributed by atoms with van der Waals surface area (Å²) in [5.74, 6) is -1.52. The van der Waals surface area contributed by atoms with Crippen LogP contribution in [0.5, 0.6) is 23.0 Å². The van der Waals surface area contributed by atoms with E-state index < -0.39 is 145 Å². The molecule has 142 heavy (non-hydrogen) atoms. The van der Waals surface area contributed by atoms with Gasteiger partial charge in [0, 0.05) is 144 Å². The van der Waals surface area contributed by atoms with Gasteiger partial charge in [0.2, 0.25) is 25.4 Å². The number of ketones is 4. The molecule has 0 bridgehead atoms. The molecule has 4 unspecified atom stereocenters. The van der Waals surface area contributed by atoms with Crippen molar-refractivity contribution < 1.29 is 119 Å². The van der Waals surface area contributed by atoms with Gasteiger partial charge < -0.3 is 39.4 Å². The summed E-state index contributed by atoms with van der Waals surface area (Å²) in [5, 5.41) is 61.2. The molecule has 0 saturated carbocycles. The van der Waals surface area contributed by atoms with E-state index in [1.807, 2.05) is 13.8 Å². The molecule has 8 atom stereocenters. The van der Waals surface area contributed by atoms with Crippen LogP contribution in [-0.2, 0) is 39.3 Å². The summed E-state index contributed by atoms with van der Waals surface area (Å²) in [6.45, 7) is 32.3. The Balaban J connectivity index is 0.000000159. The third kappa shape index (κ3) is 24.7. The summed E-state index contributed by atoms with van der Waals surface area (Å²) in [6, 6.07) is 25.6. The number of carbonyl (C=O) groups is 4. The molecule has 0 radical (unpaired) electrons. The molecular weight excluding hydrogens is 1930 g/mol. The van der Waals surface area contributed by atoms with E-state index in [-0.39, 0.29) is 151 Å². The first kappa shape index (κ1) is 108. The second kappa shape index (κ2) is 39.5. The molecular formula is C100H118F6N12O20S4. The van der Waals surface area contributed by atoms with Gasteiger partial charge in [-0.25, -0.2) is 60.0 Å². The molecule has 4 aliphatic heterocycles. The minimum Gasteiger partial charge on any atom is -0.461 e. The van der Waals surface area contributed by atoms with Gasteiger partial charge in [0.25, 0.3) is 0 Å². The van der Waals surface area contributed by atoms with Crippen LogP contribution in [0.25, 0.3) is 89.2 Å². The van der Waals surface area contributed by atoms with Crippen molar-refractivity contribution >= 4 is 107 Å².